The molecule has 3 heterocycles. The smallest absolute Gasteiger partial charge is 0.279 e. The van der Waals surface area contributed by atoms with Crippen LogP contribution in [-0.4, -0.2) is 45.0 Å². The molecule has 3 N–H and O–H groups in total. The number of methoxy groups -OCH3 is 2. The summed E-state index contributed by atoms with van der Waals surface area (Å²) < 4.78 is 16.8. The third-order valence-electron chi connectivity index (χ3n) is 5.40. The predicted octanol–water partition coefficient (Wildman–Crippen LogP) is 4.94. The summed E-state index contributed by atoms with van der Waals surface area (Å²) in [5, 5.41) is 7.75. The number of aromatic nitrogens is 5. The summed E-state index contributed by atoms with van der Waals surface area (Å²) in [6.07, 6.45) is 3.37. The molecule has 0 aliphatic rings. The van der Waals surface area contributed by atoms with E-state index in [-0.39, 0.29) is 34.5 Å². The molecule has 0 fully saturated rings. The van der Waals surface area contributed by atoms with E-state index >= 15 is 0 Å². The van der Waals surface area contributed by atoms with E-state index in [0.717, 1.165) is 11.1 Å². The molecule has 0 aliphatic heterocycles. The van der Waals surface area contributed by atoms with Gasteiger partial charge in [0.2, 0.25) is 17.7 Å². The molecule has 11 nitrogen and oxygen atoms in total. The van der Waals surface area contributed by atoms with Gasteiger partial charge in [0.1, 0.15) is 17.3 Å². The number of rotatable bonds is 9. The Morgan fingerprint density at radius 2 is 1.84 bits per heavy atom. The molecule has 12 heteroatoms. The number of anilines is 2. The lowest BCUT2D eigenvalue weighted by Crippen LogP contribution is -2.16. The van der Waals surface area contributed by atoms with Gasteiger partial charge >= 0.3 is 0 Å². The number of benzene rings is 1. The van der Waals surface area contributed by atoms with Gasteiger partial charge in [-0.1, -0.05) is 44.2 Å². The lowest BCUT2D eigenvalue weighted by Gasteiger charge is -2.20. The minimum Gasteiger partial charge on any atom is -0.479 e. The van der Waals surface area contributed by atoms with E-state index in [9.17, 15) is 4.79 Å². The van der Waals surface area contributed by atoms with Crippen LogP contribution in [0.5, 0.6) is 22.7 Å². The fourth-order valence-electron chi connectivity index (χ4n) is 3.32. The number of nitrogens with zero attached hydrogens (tertiary/aromatic N) is 4. The SMILES string of the molecule is COc1nc(NCc2ncc[nH]2)nc(OC)c1NC(=O)c1csc(Oc2cc(C(C)(C)C)ccc2C)n1. The number of carbonyl (C=O) groups excluding carboxylic acids is 1. The molecule has 37 heavy (non-hydrogen) atoms. The zero-order valence-electron chi connectivity index (χ0n) is 21.5. The number of hydrogen-bond donors (Lipinski definition) is 3. The van der Waals surface area contributed by atoms with E-state index < -0.39 is 5.91 Å². The maximum absolute atomic E-state index is 13.0. The molecule has 0 saturated carbocycles. The molecule has 0 radical (unpaired) electrons. The Morgan fingerprint density at radius 3 is 2.46 bits per heavy atom. The molecule has 0 unspecified atom stereocenters. The average Bonchev–Trinajstić information content (AvgIpc) is 3.56. The molecular weight excluding hydrogens is 494 g/mol. The summed E-state index contributed by atoms with van der Waals surface area (Å²) in [7, 11) is 2.88. The number of hydrogen-bond acceptors (Lipinski definition) is 10. The molecule has 0 atom stereocenters. The van der Waals surface area contributed by atoms with Crippen LogP contribution >= 0.6 is 11.3 Å². The lowest BCUT2D eigenvalue weighted by atomic mass is 9.86. The highest BCUT2D eigenvalue weighted by Crippen LogP contribution is 2.35. The number of amides is 1. The average molecular weight is 524 g/mol. The Hall–Kier alpha value is -4.19. The van der Waals surface area contributed by atoms with Crippen LogP contribution in [0.15, 0.2) is 36.0 Å². The second-order valence-corrected chi connectivity index (χ2v) is 9.94. The fourth-order valence-corrected chi connectivity index (χ4v) is 3.98. The van der Waals surface area contributed by atoms with Gasteiger partial charge in [0.25, 0.3) is 11.1 Å². The van der Waals surface area contributed by atoms with Crippen molar-refractivity contribution in [3.63, 3.8) is 0 Å². The van der Waals surface area contributed by atoms with Crippen LogP contribution < -0.4 is 24.8 Å². The third kappa shape index (κ3) is 6.15. The fraction of sp³-hybridized carbons (Fsp3) is 0.320. The van der Waals surface area contributed by atoms with Gasteiger partial charge in [-0.3, -0.25) is 4.79 Å². The van der Waals surface area contributed by atoms with Gasteiger partial charge in [-0.05, 0) is 29.5 Å². The molecule has 194 valence electrons. The zero-order valence-corrected chi connectivity index (χ0v) is 22.3. The summed E-state index contributed by atoms with van der Waals surface area (Å²) in [6.45, 7) is 8.75. The Labute approximate surface area is 218 Å². The number of aromatic amines is 1. The second kappa shape index (κ2) is 10.8. The van der Waals surface area contributed by atoms with E-state index in [0.29, 0.717) is 23.3 Å². The van der Waals surface area contributed by atoms with Crippen LogP contribution in [0.1, 0.15) is 48.2 Å². The molecule has 0 saturated heterocycles. The van der Waals surface area contributed by atoms with Crippen molar-refractivity contribution in [2.24, 2.45) is 0 Å². The highest BCUT2D eigenvalue weighted by Gasteiger charge is 2.22. The molecular formula is C25H29N7O4S. The van der Waals surface area contributed by atoms with Crippen molar-refractivity contribution in [2.75, 3.05) is 24.9 Å². The number of H-pyrrole nitrogens is 1. The minimum atomic E-state index is -0.484. The highest BCUT2D eigenvalue weighted by molar-refractivity contribution is 7.11. The van der Waals surface area contributed by atoms with Crippen molar-refractivity contribution in [1.29, 1.82) is 0 Å². The summed E-state index contributed by atoms with van der Waals surface area (Å²) in [5.74, 6) is 1.43. The number of thiazole rings is 1. The largest absolute Gasteiger partial charge is 0.479 e. The van der Waals surface area contributed by atoms with Crippen LogP contribution in [0.4, 0.5) is 11.6 Å². The van der Waals surface area contributed by atoms with E-state index in [1.54, 1.807) is 17.8 Å². The van der Waals surface area contributed by atoms with Gasteiger partial charge in [0, 0.05) is 17.8 Å². The summed E-state index contributed by atoms with van der Waals surface area (Å²) >= 11 is 1.23. The quantitative estimate of drug-likeness (QED) is 0.279. The first-order valence-corrected chi connectivity index (χ1v) is 12.3. The van der Waals surface area contributed by atoms with E-state index in [2.05, 4.69) is 62.4 Å². The Morgan fingerprint density at radius 1 is 1.11 bits per heavy atom. The van der Waals surface area contributed by atoms with Gasteiger partial charge < -0.3 is 29.8 Å². The van der Waals surface area contributed by atoms with Crippen LogP contribution in [0.25, 0.3) is 0 Å². The number of carbonyl (C=O) groups is 1. The van der Waals surface area contributed by atoms with Gasteiger partial charge in [0.05, 0.1) is 20.8 Å². The van der Waals surface area contributed by atoms with Crippen molar-refractivity contribution >= 4 is 28.9 Å². The standard InChI is InChI=1S/C25H29N7O4S/c1-14-7-8-15(25(2,3)4)11-17(14)36-24-29-16(13-37-24)20(33)30-19-21(34-5)31-23(32-22(19)35-6)28-12-18-26-9-10-27-18/h7-11,13H,12H2,1-6H3,(H,26,27)(H,30,33)(H,28,31,32). The van der Waals surface area contributed by atoms with Crippen LogP contribution in [0, 0.1) is 6.92 Å². The number of ether oxygens (including phenoxy) is 3. The van der Waals surface area contributed by atoms with Crippen molar-refractivity contribution in [3.8, 4) is 22.7 Å². The van der Waals surface area contributed by atoms with Crippen molar-refractivity contribution in [3.05, 3.63) is 58.6 Å². The monoisotopic (exact) mass is 523 g/mol. The minimum absolute atomic E-state index is 0.0241. The van der Waals surface area contributed by atoms with Crippen LogP contribution in [0.2, 0.25) is 0 Å². The van der Waals surface area contributed by atoms with E-state index in [4.69, 9.17) is 14.2 Å². The van der Waals surface area contributed by atoms with Crippen LogP contribution in [0.3, 0.4) is 0 Å². The number of imidazole rings is 1. The predicted molar refractivity (Wildman–Crippen MR) is 141 cm³/mol. The molecule has 0 aliphatic carbocycles. The maximum atomic E-state index is 13.0. The first kappa shape index (κ1) is 25.9. The molecule has 0 spiro atoms. The third-order valence-corrected chi connectivity index (χ3v) is 6.12. The normalized spacial score (nSPS) is 11.2. The van der Waals surface area contributed by atoms with Crippen LogP contribution in [-0.2, 0) is 12.0 Å². The second-order valence-electron chi connectivity index (χ2n) is 9.12. The number of aryl methyl sites for hydroxylation is 1. The summed E-state index contributed by atoms with van der Waals surface area (Å²) in [4.78, 5) is 33.2. The zero-order chi connectivity index (χ0) is 26.6. The summed E-state index contributed by atoms with van der Waals surface area (Å²) in [6, 6.07) is 6.11. The molecule has 1 aromatic carbocycles. The van der Waals surface area contributed by atoms with Crippen molar-refractivity contribution in [1.82, 2.24) is 24.9 Å². The molecule has 3 aromatic heterocycles. The Balaban J connectivity index is 1.50. The maximum Gasteiger partial charge on any atom is 0.279 e. The van der Waals surface area contributed by atoms with Gasteiger partial charge in [-0.2, -0.15) is 15.0 Å². The first-order valence-electron chi connectivity index (χ1n) is 11.5. The van der Waals surface area contributed by atoms with E-state index in [1.807, 2.05) is 19.1 Å². The van der Waals surface area contributed by atoms with Crippen molar-refractivity contribution in [2.45, 2.75) is 39.7 Å². The topological polar surface area (TPSA) is 136 Å². The molecule has 4 rings (SSSR count). The molecule has 1 amide bonds. The Kier molecular flexibility index (Phi) is 7.58. The highest BCUT2D eigenvalue weighted by atomic mass is 32.1. The first-order chi connectivity index (χ1) is 17.7. The molecule has 0 bridgehead atoms. The van der Waals surface area contributed by atoms with Gasteiger partial charge in [0.15, 0.2) is 5.69 Å². The van der Waals surface area contributed by atoms with Crippen molar-refractivity contribution < 1.29 is 19.0 Å². The Bertz CT molecular complexity index is 1360. The number of nitrogens with one attached hydrogen (secondary N) is 3. The summed E-state index contributed by atoms with van der Waals surface area (Å²) in [5.41, 5.74) is 2.45. The van der Waals surface area contributed by atoms with Gasteiger partial charge in [-0.15, -0.1) is 0 Å². The van der Waals surface area contributed by atoms with E-state index in [1.165, 1.54) is 25.6 Å². The molecule has 4 aromatic rings. The lowest BCUT2D eigenvalue weighted by molar-refractivity contribution is 0.102. The van der Waals surface area contributed by atoms with Gasteiger partial charge in [-0.25, -0.2) is 4.98 Å².